The molecule has 0 saturated carbocycles. The van der Waals surface area contributed by atoms with E-state index in [-0.39, 0.29) is 17.5 Å². The van der Waals surface area contributed by atoms with Gasteiger partial charge in [-0.3, -0.25) is 4.79 Å². The fourth-order valence-electron chi connectivity index (χ4n) is 3.42. The van der Waals surface area contributed by atoms with Gasteiger partial charge in [-0.15, -0.1) is 0 Å². The lowest BCUT2D eigenvalue weighted by molar-refractivity contribution is 0.0924. The maximum Gasteiger partial charge on any atom is 0.257 e. The quantitative estimate of drug-likeness (QED) is 0.372. The van der Waals surface area contributed by atoms with Gasteiger partial charge in [0.2, 0.25) is 0 Å². The number of aromatic nitrogens is 3. The summed E-state index contributed by atoms with van der Waals surface area (Å²) in [5.74, 6) is -0.473. The molecule has 5 nitrogen and oxygen atoms in total. The Bertz CT molecular complexity index is 1320. The van der Waals surface area contributed by atoms with Crippen LogP contribution in [-0.4, -0.2) is 26.4 Å². The van der Waals surface area contributed by atoms with E-state index in [1.54, 1.807) is 12.1 Å². The number of nitriles is 1. The summed E-state index contributed by atoms with van der Waals surface area (Å²) < 4.78 is 14.9. The van der Waals surface area contributed by atoms with Crippen LogP contribution in [0.3, 0.4) is 0 Å². The Labute approximate surface area is 189 Å². The summed E-state index contributed by atoms with van der Waals surface area (Å²) in [6.45, 7) is 3.65. The molecular formula is C25H19FN4OS. The van der Waals surface area contributed by atoms with E-state index in [2.05, 4.69) is 11.2 Å². The predicted molar refractivity (Wildman–Crippen MR) is 123 cm³/mol. The van der Waals surface area contributed by atoms with E-state index in [0.717, 1.165) is 17.0 Å². The monoisotopic (exact) mass is 442 g/mol. The van der Waals surface area contributed by atoms with Crippen molar-refractivity contribution in [1.29, 1.82) is 5.26 Å². The molecule has 2 heterocycles. The molecule has 0 radical (unpaired) electrons. The van der Waals surface area contributed by atoms with Gasteiger partial charge < -0.3 is 0 Å². The first-order valence-corrected chi connectivity index (χ1v) is 10.9. The topological polar surface area (TPSA) is 71.6 Å². The minimum Gasteiger partial charge on any atom is -0.272 e. The van der Waals surface area contributed by atoms with Gasteiger partial charge in [0.05, 0.1) is 22.7 Å². The number of rotatable bonds is 5. The number of benzene rings is 2. The first kappa shape index (κ1) is 21.5. The van der Waals surface area contributed by atoms with Crippen molar-refractivity contribution in [1.82, 2.24) is 14.8 Å². The van der Waals surface area contributed by atoms with E-state index in [0.29, 0.717) is 27.4 Å². The van der Waals surface area contributed by atoms with Crippen molar-refractivity contribution in [2.24, 2.45) is 0 Å². The Morgan fingerprint density at radius 1 is 1.06 bits per heavy atom. The van der Waals surface area contributed by atoms with Gasteiger partial charge in [0.15, 0.2) is 0 Å². The Kier molecular flexibility index (Phi) is 6.15. The highest BCUT2D eigenvalue weighted by Gasteiger charge is 2.18. The average Bonchev–Trinajstić information content (AvgIpc) is 3.15. The summed E-state index contributed by atoms with van der Waals surface area (Å²) in [6, 6.07) is 21.5. The molecule has 0 fully saturated rings. The normalized spacial score (nSPS) is 10.7. The van der Waals surface area contributed by atoms with Crippen LogP contribution in [0.2, 0.25) is 0 Å². The number of carbonyl (C=O) groups excluding carboxylic acids is 1. The standard InChI is InChI=1S/C25H19FN4OS/c1-16-12-17(2)30(29-16)24(31)15-32-25-22(14-27)21(18-8-10-20(26)11-9-18)13-23(28-25)19-6-4-3-5-7-19/h3-13H,15H2,1-2H3. The van der Waals surface area contributed by atoms with E-state index < -0.39 is 0 Å². The zero-order chi connectivity index (χ0) is 22.7. The van der Waals surface area contributed by atoms with Crippen LogP contribution in [0.1, 0.15) is 21.7 Å². The lowest BCUT2D eigenvalue weighted by Crippen LogP contribution is -2.16. The highest BCUT2D eigenvalue weighted by atomic mass is 32.2. The Balaban J connectivity index is 1.77. The largest absolute Gasteiger partial charge is 0.272 e. The molecule has 0 bridgehead atoms. The molecule has 32 heavy (non-hydrogen) atoms. The van der Waals surface area contributed by atoms with Gasteiger partial charge in [0.1, 0.15) is 16.9 Å². The molecule has 7 heteroatoms. The number of aryl methyl sites for hydroxylation is 2. The maximum atomic E-state index is 13.5. The molecule has 0 atom stereocenters. The van der Waals surface area contributed by atoms with Crippen LogP contribution in [-0.2, 0) is 0 Å². The molecule has 0 spiro atoms. The lowest BCUT2D eigenvalue weighted by atomic mass is 9.99. The second-order valence-corrected chi connectivity index (χ2v) is 8.21. The van der Waals surface area contributed by atoms with Crippen LogP contribution in [0.5, 0.6) is 0 Å². The summed E-state index contributed by atoms with van der Waals surface area (Å²) in [5.41, 5.74) is 4.77. The number of nitrogens with zero attached hydrogens (tertiary/aromatic N) is 4. The minimum absolute atomic E-state index is 0.0741. The number of pyridine rings is 1. The zero-order valence-electron chi connectivity index (χ0n) is 17.5. The highest BCUT2D eigenvalue weighted by molar-refractivity contribution is 8.00. The average molecular weight is 443 g/mol. The molecule has 2 aromatic heterocycles. The predicted octanol–water partition coefficient (Wildman–Crippen LogP) is 5.67. The van der Waals surface area contributed by atoms with Crippen LogP contribution >= 0.6 is 11.8 Å². The molecule has 0 aliphatic carbocycles. The van der Waals surface area contributed by atoms with E-state index in [9.17, 15) is 14.4 Å². The van der Waals surface area contributed by atoms with E-state index in [1.807, 2.05) is 56.3 Å². The molecular weight excluding hydrogens is 423 g/mol. The van der Waals surface area contributed by atoms with Crippen molar-refractivity contribution >= 4 is 17.7 Å². The fourth-order valence-corrected chi connectivity index (χ4v) is 4.27. The van der Waals surface area contributed by atoms with Crippen LogP contribution in [0, 0.1) is 31.0 Å². The molecule has 2 aromatic carbocycles. The van der Waals surface area contributed by atoms with Crippen LogP contribution in [0.4, 0.5) is 4.39 Å². The van der Waals surface area contributed by atoms with Crippen LogP contribution < -0.4 is 0 Å². The summed E-state index contributed by atoms with van der Waals surface area (Å²) in [6.07, 6.45) is 0. The second-order valence-electron chi connectivity index (χ2n) is 7.24. The summed E-state index contributed by atoms with van der Waals surface area (Å²) in [7, 11) is 0. The summed E-state index contributed by atoms with van der Waals surface area (Å²) >= 11 is 1.20. The van der Waals surface area contributed by atoms with Crippen molar-refractivity contribution < 1.29 is 9.18 Å². The smallest absolute Gasteiger partial charge is 0.257 e. The minimum atomic E-state index is -0.352. The van der Waals surface area contributed by atoms with Crippen molar-refractivity contribution in [3.63, 3.8) is 0 Å². The number of halogens is 1. The summed E-state index contributed by atoms with van der Waals surface area (Å²) in [4.78, 5) is 17.4. The number of hydrogen-bond acceptors (Lipinski definition) is 5. The number of carbonyl (C=O) groups is 1. The molecule has 0 aliphatic rings. The summed E-state index contributed by atoms with van der Waals surface area (Å²) in [5, 5.41) is 14.6. The van der Waals surface area contributed by atoms with Crippen molar-refractivity contribution in [3.05, 3.63) is 89.5 Å². The Hall–Kier alpha value is -3.76. The van der Waals surface area contributed by atoms with Gasteiger partial charge >= 0.3 is 0 Å². The molecule has 4 rings (SSSR count). The van der Waals surface area contributed by atoms with E-state index in [1.165, 1.54) is 28.6 Å². The SMILES string of the molecule is Cc1cc(C)n(C(=O)CSc2nc(-c3ccccc3)cc(-c3ccc(F)cc3)c2C#N)n1. The van der Waals surface area contributed by atoms with E-state index in [4.69, 9.17) is 4.98 Å². The molecule has 4 aromatic rings. The Morgan fingerprint density at radius 3 is 2.41 bits per heavy atom. The first-order chi connectivity index (χ1) is 15.5. The zero-order valence-corrected chi connectivity index (χ0v) is 18.4. The third-order valence-corrected chi connectivity index (χ3v) is 5.86. The van der Waals surface area contributed by atoms with Crippen molar-refractivity contribution in [2.45, 2.75) is 18.9 Å². The fraction of sp³-hybridized carbons (Fsp3) is 0.120. The third kappa shape index (κ3) is 4.46. The van der Waals surface area contributed by atoms with Crippen LogP contribution in [0.15, 0.2) is 71.8 Å². The molecule has 0 amide bonds. The van der Waals surface area contributed by atoms with Gasteiger partial charge in [0.25, 0.3) is 5.91 Å². The van der Waals surface area contributed by atoms with Crippen LogP contribution in [0.25, 0.3) is 22.4 Å². The third-order valence-electron chi connectivity index (χ3n) is 4.90. The lowest BCUT2D eigenvalue weighted by Gasteiger charge is -2.12. The molecule has 158 valence electrons. The molecule has 0 aliphatic heterocycles. The Morgan fingerprint density at radius 2 is 1.78 bits per heavy atom. The molecule has 0 N–H and O–H groups in total. The van der Waals surface area contributed by atoms with Gasteiger partial charge in [-0.05, 0) is 43.7 Å². The van der Waals surface area contributed by atoms with Gasteiger partial charge in [-0.2, -0.15) is 10.4 Å². The van der Waals surface area contributed by atoms with Gasteiger partial charge in [-0.25, -0.2) is 14.1 Å². The van der Waals surface area contributed by atoms with Crippen molar-refractivity contribution in [2.75, 3.05) is 5.75 Å². The number of thioether (sulfide) groups is 1. The maximum absolute atomic E-state index is 13.5. The molecule has 0 saturated heterocycles. The highest BCUT2D eigenvalue weighted by Crippen LogP contribution is 2.34. The van der Waals surface area contributed by atoms with Gasteiger partial charge in [0, 0.05) is 16.8 Å². The molecule has 0 unspecified atom stereocenters. The van der Waals surface area contributed by atoms with Crippen molar-refractivity contribution in [3.8, 4) is 28.5 Å². The van der Waals surface area contributed by atoms with Gasteiger partial charge in [-0.1, -0.05) is 54.2 Å². The second kappa shape index (κ2) is 9.16. The number of hydrogen-bond donors (Lipinski definition) is 0. The first-order valence-electron chi connectivity index (χ1n) is 9.92. The van der Waals surface area contributed by atoms with E-state index >= 15 is 0 Å².